The molecule has 0 bridgehead atoms. The van der Waals surface area contributed by atoms with Gasteiger partial charge in [-0.2, -0.15) is 0 Å². The maximum atomic E-state index is 7.66. The standard InChI is InChI=1S/C46H25N3O2/c1-47-30-19-20-32-37-25-28(18-23-38(37)49(39(32)26-30)31-12-3-2-4-13-31)27-10-9-11-29(24-27)43-42-35-15-6-8-17-41(35)50-45(42)36-22-21-34-33-14-5-7-16-40(33)51-46(34)44(36)48-43/h2-26H. The second-order valence-corrected chi connectivity index (χ2v) is 13.0. The Kier molecular flexibility index (Phi) is 5.67. The van der Waals surface area contributed by atoms with Crippen LogP contribution in [0.4, 0.5) is 5.69 Å². The van der Waals surface area contributed by atoms with Crippen LogP contribution in [0, 0.1) is 6.57 Å². The Bertz CT molecular complexity index is 3270. The number of rotatable bonds is 3. The second-order valence-electron chi connectivity index (χ2n) is 13.0. The molecule has 0 amide bonds. The Balaban J connectivity index is 1.16. The van der Waals surface area contributed by atoms with Crippen LogP contribution in [0.1, 0.15) is 0 Å². The molecule has 0 aliphatic carbocycles. The van der Waals surface area contributed by atoms with E-state index in [4.69, 9.17) is 20.4 Å². The van der Waals surface area contributed by atoms with E-state index in [9.17, 15) is 0 Å². The maximum absolute atomic E-state index is 7.66. The zero-order valence-corrected chi connectivity index (χ0v) is 27.1. The van der Waals surface area contributed by atoms with Crippen molar-refractivity contribution in [1.29, 1.82) is 0 Å². The fourth-order valence-electron chi connectivity index (χ4n) is 7.88. The van der Waals surface area contributed by atoms with Gasteiger partial charge < -0.3 is 13.4 Å². The molecule has 236 valence electrons. The molecule has 0 spiro atoms. The van der Waals surface area contributed by atoms with Crippen LogP contribution in [0.2, 0.25) is 0 Å². The van der Waals surface area contributed by atoms with Crippen LogP contribution >= 0.6 is 0 Å². The van der Waals surface area contributed by atoms with E-state index in [1.165, 1.54) is 0 Å². The third kappa shape index (κ3) is 3.99. The van der Waals surface area contributed by atoms with Crippen molar-refractivity contribution in [2.45, 2.75) is 0 Å². The lowest BCUT2D eigenvalue weighted by molar-refractivity contribution is 0.668. The number of hydrogen-bond donors (Lipinski definition) is 0. The quantitative estimate of drug-likeness (QED) is 0.179. The normalized spacial score (nSPS) is 11.9. The first kappa shape index (κ1) is 27.8. The maximum Gasteiger partial charge on any atom is 0.189 e. The molecule has 0 aliphatic heterocycles. The van der Waals surface area contributed by atoms with Crippen molar-refractivity contribution in [1.82, 2.24) is 9.55 Å². The molecule has 5 nitrogen and oxygen atoms in total. The van der Waals surface area contributed by atoms with Crippen LogP contribution in [0.15, 0.2) is 160 Å². The minimum atomic E-state index is 0.622. The highest BCUT2D eigenvalue weighted by Gasteiger charge is 2.22. The van der Waals surface area contributed by atoms with Crippen LogP contribution in [0.25, 0.3) is 110 Å². The summed E-state index contributed by atoms with van der Waals surface area (Å²) >= 11 is 0. The summed E-state index contributed by atoms with van der Waals surface area (Å²) in [5, 5.41) is 7.29. The molecule has 0 unspecified atom stereocenters. The van der Waals surface area contributed by atoms with Gasteiger partial charge in [-0.05, 0) is 71.8 Å². The average Bonchev–Trinajstić information content (AvgIpc) is 3.87. The number of pyridine rings is 1. The zero-order chi connectivity index (χ0) is 33.6. The monoisotopic (exact) mass is 651 g/mol. The minimum Gasteiger partial charge on any atom is -0.455 e. The molecule has 0 fully saturated rings. The molecule has 5 heteroatoms. The largest absolute Gasteiger partial charge is 0.455 e. The van der Waals surface area contributed by atoms with Crippen LogP contribution in [-0.2, 0) is 0 Å². The third-order valence-corrected chi connectivity index (χ3v) is 10.2. The van der Waals surface area contributed by atoms with Crippen molar-refractivity contribution >= 4 is 82.3 Å². The molecular formula is C46H25N3O2. The summed E-state index contributed by atoms with van der Waals surface area (Å²) in [6.07, 6.45) is 0. The van der Waals surface area contributed by atoms with Gasteiger partial charge in [0.25, 0.3) is 0 Å². The number of nitrogens with zero attached hydrogens (tertiary/aromatic N) is 3. The fraction of sp³-hybridized carbons (Fsp3) is 0. The van der Waals surface area contributed by atoms with Crippen molar-refractivity contribution in [3.05, 3.63) is 163 Å². The Morgan fingerprint density at radius 3 is 2.06 bits per heavy atom. The van der Waals surface area contributed by atoms with Gasteiger partial charge in [0.1, 0.15) is 22.3 Å². The Morgan fingerprint density at radius 1 is 0.490 bits per heavy atom. The van der Waals surface area contributed by atoms with Gasteiger partial charge in [-0.3, -0.25) is 0 Å². The molecule has 0 saturated heterocycles. The molecule has 7 aromatic carbocycles. The lowest BCUT2D eigenvalue weighted by Gasteiger charge is -2.10. The van der Waals surface area contributed by atoms with Crippen molar-refractivity contribution in [2.24, 2.45) is 0 Å². The van der Waals surface area contributed by atoms with Gasteiger partial charge in [0.2, 0.25) is 0 Å². The summed E-state index contributed by atoms with van der Waals surface area (Å²) in [4.78, 5) is 9.15. The fourth-order valence-corrected chi connectivity index (χ4v) is 7.88. The summed E-state index contributed by atoms with van der Waals surface area (Å²) in [7, 11) is 0. The summed E-state index contributed by atoms with van der Waals surface area (Å²) in [6, 6.07) is 52.1. The van der Waals surface area contributed by atoms with Crippen LogP contribution < -0.4 is 0 Å². The number of furan rings is 2. The van der Waals surface area contributed by atoms with Gasteiger partial charge in [0, 0.05) is 49.1 Å². The zero-order valence-electron chi connectivity index (χ0n) is 27.1. The van der Waals surface area contributed by atoms with Gasteiger partial charge >= 0.3 is 0 Å². The summed E-state index contributed by atoms with van der Waals surface area (Å²) in [5.74, 6) is 0. The van der Waals surface area contributed by atoms with Crippen LogP contribution in [0.5, 0.6) is 0 Å². The highest BCUT2D eigenvalue weighted by molar-refractivity contribution is 6.24. The SMILES string of the molecule is [C-]#[N+]c1ccc2c3cc(-c4cccc(-c5nc6c(ccc7c8ccccc8oc76)c6oc7ccccc7c56)c4)ccc3n(-c3ccccc3)c2c1. The van der Waals surface area contributed by atoms with Crippen molar-refractivity contribution in [2.75, 3.05) is 0 Å². The predicted molar refractivity (Wildman–Crippen MR) is 208 cm³/mol. The van der Waals surface area contributed by atoms with Gasteiger partial charge in [-0.25, -0.2) is 9.83 Å². The van der Waals surface area contributed by atoms with Gasteiger partial charge in [-0.1, -0.05) is 91.0 Å². The van der Waals surface area contributed by atoms with E-state index >= 15 is 0 Å². The van der Waals surface area contributed by atoms with E-state index in [1.54, 1.807) is 0 Å². The summed E-state index contributed by atoms with van der Waals surface area (Å²) in [6.45, 7) is 7.66. The lowest BCUT2D eigenvalue weighted by atomic mass is 9.97. The summed E-state index contributed by atoms with van der Waals surface area (Å²) < 4.78 is 15.3. The first-order valence-electron chi connectivity index (χ1n) is 16.9. The Morgan fingerprint density at radius 2 is 1.20 bits per heavy atom. The number of para-hydroxylation sites is 3. The number of hydrogen-bond acceptors (Lipinski definition) is 3. The average molecular weight is 652 g/mol. The second kappa shape index (κ2) is 10.4. The molecule has 4 heterocycles. The Labute approximate surface area is 291 Å². The molecule has 11 rings (SSSR count). The number of benzene rings is 7. The molecule has 0 saturated carbocycles. The van der Waals surface area contributed by atoms with E-state index in [0.717, 1.165) is 105 Å². The van der Waals surface area contributed by atoms with Crippen molar-refractivity contribution in [3.8, 4) is 28.1 Å². The van der Waals surface area contributed by atoms with Gasteiger partial charge in [-0.15, -0.1) is 0 Å². The molecule has 0 radical (unpaired) electrons. The van der Waals surface area contributed by atoms with Crippen LogP contribution in [0.3, 0.4) is 0 Å². The molecule has 4 aromatic heterocycles. The smallest absolute Gasteiger partial charge is 0.189 e. The first-order valence-corrected chi connectivity index (χ1v) is 16.9. The number of fused-ring (bicyclic) bond motifs is 12. The Hall–Kier alpha value is -7.16. The highest BCUT2D eigenvalue weighted by atomic mass is 16.3. The first-order chi connectivity index (χ1) is 25.2. The molecule has 51 heavy (non-hydrogen) atoms. The molecule has 0 aliphatic rings. The topological polar surface area (TPSA) is 48.5 Å². The molecule has 11 aromatic rings. The lowest BCUT2D eigenvalue weighted by Crippen LogP contribution is -1.93. The molecule has 0 N–H and O–H groups in total. The minimum absolute atomic E-state index is 0.622. The van der Waals surface area contributed by atoms with Gasteiger partial charge in [0.15, 0.2) is 11.3 Å². The molecule has 0 atom stereocenters. The van der Waals surface area contributed by atoms with Gasteiger partial charge in [0.05, 0.1) is 23.2 Å². The van der Waals surface area contributed by atoms with E-state index in [-0.39, 0.29) is 0 Å². The van der Waals surface area contributed by atoms with E-state index in [1.807, 2.05) is 66.7 Å². The highest BCUT2D eigenvalue weighted by Crippen LogP contribution is 2.44. The predicted octanol–water partition coefficient (Wildman–Crippen LogP) is 13.0. The van der Waals surface area contributed by atoms with Crippen molar-refractivity contribution in [3.63, 3.8) is 0 Å². The van der Waals surface area contributed by atoms with Crippen LogP contribution in [-0.4, -0.2) is 9.55 Å². The molecular weight excluding hydrogens is 627 g/mol. The van der Waals surface area contributed by atoms with E-state index < -0.39 is 0 Å². The third-order valence-electron chi connectivity index (χ3n) is 10.2. The van der Waals surface area contributed by atoms with Crippen molar-refractivity contribution < 1.29 is 8.83 Å². The summed E-state index contributed by atoms with van der Waals surface area (Å²) in [5.41, 5.74) is 11.8. The van der Waals surface area contributed by atoms with E-state index in [0.29, 0.717) is 5.69 Å². The number of aromatic nitrogens is 2. The van der Waals surface area contributed by atoms with E-state index in [2.05, 4.69) is 94.3 Å².